The van der Waals surface area contributed by atoms with E-state index in [0.717, 1.165) is 17.7 Å². The fourth-order valence-corrected chi connectivity index (χ4v) is 3.48. The summed E-state index contributed by atoms with van der Waals surface area (Å²) >= 11 is 0. The Morgan fingerprint density at radius 3 is 2.29 bits per heavy atom. The maximum absolute atomic E-state index is 11.8. The van der Waals surface area contributed by atoms with Crippen molar-refractivity contribution in [2.24, 2.45) is 5.92 Å². The monoisotopic (exact) mass is 383 g/mol. The van der Waals surface area contributed by atoms with E-state index in [0.29, 0.717) is 12.6 Å². The molecule has 148 valence electrons. The van der Waals surface area contributed by atoms with Crippen molar-refractivity contribution >= 4 is 17.6 Å². The number of fused-ring (bicyclic) bond motifs is 1. The highest BCUT2D eigenvalue weighted by Gasteiger charge is 2.29. The Morgan fingerprint density at radius 1 is 1.04 bits per heavy atom. The maximum Gasteiger partial charge on any atom is 0.320 e. The minimum absolute atomic E-state index is 0.223. The summed E-state index contributed by atoms with van der Waals surface area (Å²) in [7, 11) is 4.60. The molecule has 0 saturated carbocycles. The average Bonchev–Trinajstić information content (AvgIpc) is 3.06. The number of esters is 2. The van der Waals surface area contributed by atoms with E-state index < -0.39 is 17.9 Å². The largest absolute Gasteiger partial charge is 0.491 e. The van der Waals surface area contributed by atoms with Crippen LogP contribution in [0.3, 0.4) is 0 Å². The molecule has 2 aromatic carbocycles. The van der Waals surface area contributed by atoms with Crippen molar-refractivity contribution in [2.45, 2.75) is 18.9 Å². The van der Waals surface area contributed by atoms with Crippen LogP contribution < -0.4 is 9.64 Å². The van der Waals surface area contributed by atoms with Crippen LogP contribution in [0.25, 0.3) is 0 Å². The lowest BCUT2D eigenvalue weighted by Gasteiger charge is -2.22. The summed E-state index contributed by atoms with van der Waals surface area (Å²) in [6.45, 7) is 0.581. The Balaban J connectivity index is 1.58. The van der Waals surface area contributed by atoms with Gasteiger partial charge in [-0.1, -0.05) is 30.3 Å². The van der Waals surface area contributed by atoms with Crippen molar-refractivity contribution in [2.75, 3.05) is 32.8 Å². The summed E-state index contributed by atoms with van der Waals surface area (Å²) < 4.78 is 15.4. The second kappa shape index (κ2) is 8.78. The molecule has 0 amide bonds. The third kappa shape index (κ3) is 4.27. The predicted molar refractivity (Wildman–Crippen MR) is 106 cm³/mol. The highest BCUT2D eigenvalue weighted by Crippen LogP contribution is 2.30. The molecule has 0 N–H and O–H groups in total. The summed E-state index contributed by atoms with van der Waals surface area (Å²) in [4.78, 5) is 25.9. The molecule has 6 heteroatoms. The van der Waals surface area contributed by atoms with Crippen LogP contribution in [0.15, 0.2) is 48.5 Å². The van der Waals surface area contributed by atoms with Gasteiger partial charge in [0.1, 0.15) is 12.4 Å². The van der Waals surface area contributed by atoms with E-state index in [2.05, 4.69) is 30.1 Å². The number of carbonyl (C=O) groups is 2. The standard InChI is InChI=1S/C22H25NO5/c1-23-17(13-16-6-4-5-7-20(16)23)14-28-18-10-8-15(9-11-18)12-19(21(24)26-2)22(25)27-3/h4-11,17,19H,12-14H2,1-3H3. The zero-order chi connectivity index (χ0) is 20.1. The van der Waals surface area contributed by atoms with Crippen LogP contribution in [0.2, 0.25) is 0 Å². The number of methoxy groups -OCH3 is 2. The topological polar surface area (TPSA) is 65.1 Å². The highest BCUT2D eigenvalue weighted by atomic mass is 16.5. The molecule has 1 atom stereocenters. The quantitative estimate of drug-likeness (QED) is 0.541. The smallest absolute Gasteiger partial charge is 0.320 e. The van der Waals surface area contributed by atoms with Crippen molar-refractivity contribution in [3.8, 4) is 5.75 Å². The molecule has 1 aliphatic rings. The number of benzene rings is 2. The first-order valence-corrected chi connectivity index (χ1v) is 9.21. The predicted octanol–water partition coefficient (Wildman–Crippen LogP) is 2.63. The number of para-hydroxylation sites is 1. The van der Waals surface area contributed by atoms with E-state index in [1.807, 2.05) is 30.3 Å². The zero-order valence-electron chi connectivity index (χ0n) is 16.4. The van der Waals surface area contributed by atoms with Crippen LogP contribution in [-0.4, -0.2) is 45.9 Å². The Morgan fingerprint density at radius 2 is 1.68 bits per heavy atom. The summed E-state index contributed by atoms with van der Waals surface area (Å²) in [6, 6.07) is 16.1. The van der Waals surface area contributed by atoms with Gasteiger partial charge in [0.2, 0.25) is 0 Å². The van der Waals surface area contributed by atoms with E-state index >= 15 is 0 Å². The van der Waals surface area contributed by atoms with Crippen LogP contribution in [-0.2, 0) is 31.9 Å². The third-order valence-electron chi connectivity index (χ3n) is 5.15. The van der Waals surface area contributed by atoms with Crippen LogP contribution in [0.5, 0.6) is 5.75 Å². The molecular formula is C22H25NO5. The van der Waals surface area contributed by atoms with Gasteiger partial charge in [0.15, 0.2) is 5.92 Å². The third-order valence-corrected chi connectivity index (χ3v) is 5.15. The van der Waals surface area contributed by atoms with Gasteiger partial charge in [-0.2, -0.15) is 0 Å². The summed E-state index contributed by atoms with van der Waals surface area (Å²) in [5.74, 6) is -1.42. The van der Waals surface area contributed by atoms with Crippen molar-refractivity contribution in [1.82, 2.24) is 0 Å². The molecule has 0 aromatic heterocycles. The summed E-state index contributed by atoms with van der Waals surface area (Å²) in [5, 5.41) is 0. The molecule has 1 aliphatic heterocycles. The number of hydrogen-bond acceptors (Lipinski definition) is 6. The zero-order valence-corrected chi connectivity index (χ0v) is 16.4. The second-order valence-corrected chi connectivity index (χ2v) is 6.86. The molecule has 0 bridgehead atoms. The van der Waals surface area contributed by atoms with E-state index in [-0.39, 0.29) is 6.42 Å². The first-order valence-electron chi connectivity index (χ1n) is 9.21. The van der Waals surface area contributed by atoms with Crippen molar-refractivity contribution < 1.29 is 23.8 Å². The minimum atomic E-state index is -0.965. The average molecular weight is 383 g/mol. The molecule has 0 radical (unpaired) electrons. The first kappa shape index (κ1) is 19.7. The van der Waals surface area contributed by atoms with Gasteiger partial charge in [-0.15, -0.1) is 0 Å². The minimum Gasteiger partial charge on any atom is -0.491 e. The van der Waals surface area contributed by atoms with Crippen LogP contribution >= 0.6 is 0 Å². The maximum atomic E-state index is 11.8. The van der Waals surface area contributed by atoms with E-state index in [4.69, 9.17) is 14.2 Å². The normalized spacial score (nSPS) is 15.3. The lowest BCUT2D eigenvalue weighted by atomic mass is 9.99. The van der Waals surface area contributed by atoms with Gasteiger partial charge in [0.25, 0.3) is 0 Å². The molecule has 0 spiro atoms. The second-order valence-electron chi connectivity index (χ2n) is 6.86. The molecule has 6 nitrogen and oxygen atoms in total. The van der Waals surface area contributed by atoms with Crippen molar-refractivity contribution in [3.05, 3.63) is 59.7 Å². The van der Waals surface area contributed by atoms with Crippen molar-refractivity contribution in [3.63, 3.8) is 0 Å². The number of ether oxygens (including phenoxy) is 3. The fraction of sp³-hybridized carbons (Fsp3) is 0.364. The van der Waals surface area contributed by atoms with Crippen LogP contribution in [0.1, 0.15) is 11.1 Å². The molecule has 0 saturated heterocycles. The molecule has 0 aliphatic carbocycles. The van der Waals surface area contributed by atoms with Gasteiger partial charge in [-0.25, -0.2) is 0 Å². The SMILES string of the molecule is COC(=O)C(Cc1ccc(OCC2Cc3ccccc3N2C)cc1)C(=O)OC. The number of likely N-dealkylation sites (N-methyl/N-ethyl adjacent to an activating group) is 1. The molecule has 2 aromatic rings. The van der Waals surface area contributed by atoms with Crippen LogP contribution in [0, 0.1) is 5.92 Å². The molecule has 0 fully saturated rings. The lowest BCUT2D eigenvalue weighted by Crippen LogP contribution is -2.33. The van der Waals surface area contributed by atoms with Gasteiger partial charge in [0, 0.05) is 12.7 Å². The lowest BCUT2D eigenvalue weighted by molar-refractivity contribution is -0.158. The van der Waals surface area contributed by atoms with Gasteiger partial charge in [-0.3, -0.25) is 9.59 Å². The number of anilines is 1. The van der Waals surface area contributed by atoms with E-state index in [1.54, 1.807) is 0 Å². The molecule has 28 heavy (non-hydrogen) atoms. The molecule has 3 rings (SSSR count). The van der Waals surface area contributed by atoms with Gasteiger partial charge in [0.05, 0.1) is 20.3 Å². The van der Waals surface area contributed by atoms with E-state index in [1.165, 1.54) is 25.5 Å². The molecular weight excluding hydrogens is 358 g/mol. The summed E-state index contributed by atoms with van der Waals surface area (Å²) in [6.07, 6.45) is 1.19. The Bertz CT molecular complexity index is 817. The number of rotatable bonds is 7. The Labute approximate surface area is 165 Å². The number of hydrogen-bond donors (Lipinski definition) is 0. The Hall–Kier alpha value is -3.02. The molecule has 1 heterocycles. The number of nitrogens with zero attached hydrogens (tertiary/aromatic N) is 1. The fourth-order valence-electron chi connectivity index (χ4n) is 3.48. The van der Waals surface area contributed by atoms with Gasteiger partial charge < -0.3 is 19.1 Å². The summed E-state index contributed by atoms with van der Waals surface area (Å²) in [5.41, 5.74) is 3.42. The first-order chi connectivity index (χ1) is 13.5. The van der Waals surface area contributed by atoms with E-state index in [9.17, 15) is 9.59 Å². The van der Waals surface area contributed by atoms with Crippen molar-refractivity contribution in [1.29, 1.82) is 0 Å². The van der Waals surface area contributed by atoms with Gasteiger partial charge in [-0.05, 0) is 42.2 Å². The molecule has 1 unspecified atom stereocenters. The highest BCUT2D eigenvalue weighted by molar-refractivity contribution is 5.95. The van der Waals surface area contributed by atoms with Crippen LogP contribution in [0.4, 0.5) is 5.69 Å². The van der Waals surface area contributed by atoms with Gasteiger partial charge >= 0.3 is 11.9 Å². The Kier molecular flexibility index (Phi) is 6.19. The number of carbonyl (C=O) groups excluding carboxylic acids is 2.